The lowest BCUT2D eigenvalue weighted by atomic mass is 9.95. The molecule has 2 aliphatic rings. The standard InChI is InChI=1S/C15H25NO18S2/c1-4(18)16-6-10(9(33-35(23,24)25)5(3-17)30-13(6)21)31-15-8(20)11(34-36(26,27)28)7(19)12(32-15)14(22)29-2/h5-13,15,17,19-21H,3H2,1-2H3,(H,16,18)(H,23,24,25)(H,26,27,28)/t5-,6-,7+,8-,9-,10-,11+,12+,13-,15-/m1/s1. The molecule has 1 amide bonds. The highest BCUT2D eigenvalue weighted by atomic mass is 32.3. The Labute approximate surface area is 203 Å². The highest BCUT2D eigenvalue weighted by molar-refractivity contribution is 7.81. The van der Waals surface area contributed by atoms with Gasteiger partial charge in [0.05, 0.1) is 13.7 Å². The van der Waals surface area contributed by atoms with Gasteiger partial charge in [-0.25, -0.2) is 13.2 Å². The number of nitrogens with one attached hydrogen (secondary N) is 1. The van der Waals surface area contributed by atoms with Crippen LogP contribution in [0.3, 0.4) is 0 Å². The SMILES string of the molecule is COC(=O)[C@H]1O[C@@H](O[C@@H]2[C@@H](NC(C)=O)[C@H](O)O[C@H](CO)[C@H]2OS(=O)(=O)O)[C@H](O)[C@@H](OS(=O)(=O)O)[C@@H]1O. The summed E-state index contributed by atoms with van der Waals surface area (Å²) in [5.74, 6) is -2.18. The van der Waals surface area contributed by atoms with Gasteiger partial charge in [0.15, 0.2) is 18.7 Å². The first kappa shape index (κ1) is 30.6. The van der Waals surface area contributed by atoms with Crippen molar-refractivity contribution in [3.05, 3.63) is 0 Å². The molecule has 10 atom stereocenters. The molecule has 0 saturated carbocycles. The van der Waals surface area contributed by atoms with E-state index in [-0.39, 0.29) is 0 Å². The number of esters is 1. The summed E-state index contributed by atoms with van der Waals surface area (Å²) in [5.41, 5.74) is 0. The van der Waals surface area contributed by atoms with Crippen LogP contribution >= 0.6 is 0 Å². The number of amides is 1. The van der Waals surface area contributed by atoms with Crippen molar-refractivity contribution in [2.45, 2.75) is 68.3 Å². The fraction of sp³-hybridized carbons (Fsp3) is 0.867. The lowest BCUT2D eigenvalue weighted by Gasteiger charge is -2.47. The molecule has 0 aliphatic carbocycles. The van der Waals surface area contributed by atoms with Crippen molar-refractivity contribution in [2.24, 2.45) is 0 Å². The number of rotatable bonds is 9. The normalized spacial score (nSPS) is 37.8. The highest BCUT2D eigenvalue weighted by Gasteiger charge is 2.55. The Kier molecular flexibility index (Phi) is 10.1. The number of carbonyl (C=O) groups is 2. The van der Waals surface area contributed by atoms with Gasteiger partial charge in [0.2, 0.25) is 5.91 Å². The molecule has 0 bridgehead atoms. The zero-order valence-corrected chi connectivity index (χ0v) is 20.0. The number of ether oxygens (including phenoxy) is 4. The Morgan fingerprint density at radius 3 is 1.94 bits per heavy atom. The van der Waals surface area contributed by atoms with E-state index in [9.17, 15) is 46.9 Å². The molecule has 210 valence electrons. The lowest BCUT2D eigenvalue weighted by molar-refractivity contribution is -0.332. The molecular formula is C15H25NO18S2. The van der Waals surface area contributed by atoms with E-state index in [1.165, 1.54) is 0 Å². The summed E-state index contributed by atoms with van der Waals surface area (Å²) in [4.78, 5) is 23.7. The third kappa shape index (κ3) is 7.70. The van der Waals surface area contributed by atoms with E-state index in [1.807, 2.05) is 0 Å². The van der Waals surface area contributed by atoms with Gasteiger partial charge in [-0.05, 0) is 0 Å². The first-order chi connectivity index (χ1) is 16.5. The summed E-state index contributed by atoms with van der Waals surface area (Å²) in [6.45, 7) is -0.0812. The molecule has 19 nitrogen and oxygen atoms in total. The van der Waals surface area contributed by atoms with Crippen molar-refractivity contribution in [2.75, 3.05) is 13.7 Å². The van der Waals surface area contributed by atoms with E-state index < -0.39 is 101 Å². The maximum atomic E-state index is 12.0. The van der Waals surface area contributed by atoms with Crippen LogP contribution in [0.4, 0.5) is 0 Å². The molecular weight excluding hydrogens is 546 g/mol. The average Bonchev–Trinajstić information content (AvgIpc) is 2.74. The molecule has 36 heavy (non-hydrogen) atoms. The number of carbonyl (C=O) groups excluding carboxylic acids is 2. The Balaban J connectivity index is 2.52. The van der Waals surface area contributed by atoms with Gasteiger partial charge in [0, 0.05) is 6.92 Å². The lowest BCUT2D eigenvalue weighted by Crippen LogP contribution is -2.68. The molecule has 2 rings (SSSR count). The minimum absolute atomic E-state index is 0.843. The van der Waals surface area contributed by atoms with Crippen molar-refractivity contribution in [1.29, 1.82) is 0 Å². The summed E-state index contributed by atoms with van der Waals surface area (Å²) in [7, 11) is -9.82. The second kappa shape index (κ2) is 11.8. The largest absolute Gasteiger partial charge is 0.467 e. The van der Waals surface area contributed by atoms with Gasteiger partial charge in [0.1, 0.15) is 42.7 Å². The Bertz CT molecular complexity index is 1000. The molecule has 2 aliphatic heterocycles. The van der Waals surface area contributed by atoms with E-state index in [1.54, 1.807) is 0 Å². The van der Waals surface area contributed by atoms with E-state index >= 15 is 0 Å². The van der Waals surface area contributed by atoms with Crippen LogP contribution in [0.1, 0.15) is 6.92 Å². The smallest absolute Gasteiger partial charge is 0.397 e. The second-order valence-corrected chi connectivity index (χ2v) is 9.58. The molecule has 2 fully saturated rings. The molecule has 0 aromatic heterocycles. The minimum atomic E-state index is -5.36. The van der Waals surface area contributed by atoms with Crippen LogP contribution in [0.15, 0.2) is 0 Å². The molecule has 2 heterocycles. The number of methoxy groups -OCH3 is 1. The topological polar surface area (TPSA) is 291 Å². The molecule has 0 radical (unpaired) electrons. The van der Waals surface area contributed by atoms with Gasteiger partial charge in [-0.3, -0.25) is 13.9 Å². The van der Waals surface area contributed by atoms with Crippen molar-refractivity contribution in [3.8, 4) is 0 Å². The Morgan fingerprint density at radius 2 is 1.47 bits per heavy atom. The average molecular weight is 571 g/mol. The van der Waals surface area contributed by atoms with E-state index in [0.717, 1.165) is 14.0 Å². The maximum absolute atomic E-state index is 12.0. The molecule has 0 aromatic rings. The van der Waals surface area contributed by atoms with Gasteiger partial charge >= 0.3 is 26.8 Å². The van der Waals surface area contributed by atoms with Gasteiger partial charge in [-0.15, -0.1) is 0 Å². The molecule has 7 N–H and O–H groups in total. The Hall–Kier alpha value is -1.60. The van der Waals surface area contributed by atoms with Crippen LogP contribution in [0.2, 0.25) is 0 Å². The first-order valence-electron chi connectivity index (χ1n) is 9.76. The van der Waals surface area contributed by atoms with Crippen molar-refractivity contribution in [1.82, 2.24) is 5.32 Å². The van der Waals surface area contributed by atoms with E-state index in [2.05, 4.69) is 18.4 Å². The van der Waals surface area contributed by atoms with Gasteiger partial charge in [0.25, 0.3) is 0 Å². The Morgan fingerprint density at radius 1 is 0.917 bits per heavy atom. The summed E-state index contributed by atoms with van der Waals surface area (Å²) in [6, 6.07) is -1.75. The molecule has 0 spiro atoms. The summed E-state index contributed by atoms with van der Waals surface area (Å²) >= 11 is 0. The van der Waals surface area contributed by atoms with E-state index in [4.69, 9.17) is 23.3 Å². The zero-order chi connectivity index (χ0) is 27.6. The van der Waals surface area contributed by atoms with Crippen LogP contribution in [0.25, 0.3) is 0 Å². The third-order valence-electron chi connectivity index (χ3n) is 4.95. The molecule has 2 saturated heterocycles. The van der Waals surface area contributed by atoms with Gasteiger partial charge in [-0.1, -0.05) is 0 Å². The monoisotopic (exact) mass is 571 g/mol. The number of aliphatic hydroxyl groups excluding tert-OH is 4. The number of hydrogen-bond acceptors (Lipinski definition) is 16. The summed E-state index contributed by atoms with van der Waals surface area (Å²) < 4.78 is 92.0. The van der Waals surface area contributed by atoms with Crippen LogP contribution in [0.5, 0.6) is 0 Å². The van der Waals surface area contributed by atoms with E-state index in [0.29, 0.717) is 0 Å². The predicted molar refractivity (Wildman–Crippen MR) is 106 cm³/mol. The van der Waals surface area contributed by atoms with Crippen LogP contribution in [-0.4, -0.2) is 133 Å². The van der Waals surface area contributed by atoms with Gasteiger partial charge in [-0.2, -0.15) is 16.8 Å². The minimum Gasteiger partial charge on any atom is -0.467 e. The van der Waals surface area contributed by atoms with Crippen molar-refractivity contribution < 1.29 is 83.3 Å². The van der Waals surface area contributed by atoms with Crippen LogP contribution < -0.4 is 5.32 Å². The third-order valence-corrected chi connectivity index (χ3v) is 5.88. The van der Waals surface area contributed by atoms with Crippen LogP contribution in [0, 0.1) is 0 Å². The molecule has 0 aromatic carbocycles. The second-order valence-electron chi connectivity index (χ2n) is 7.48. The summed E-state index contributed by atoms with van der Waals surface area (Å²) in [6.07, 6.45) is -19.1. The number of aliphatic hydroxyl groups is 4. The zero-order valence-electron chi connectivity index (χ0n) is 18.4. The predicted octanol–water partition coefficient (Wildman–Crippen LogP) is -5.42. The maximum Gasteiger partial charge on any atom is 0.397 e. The number of hydrogen-bond donors (Lipinski definition) is 7. The molecule has 21 heteroatoms. The fourth-order valence-corrected chi connectivity index (χ4v) is 4.56. The van der Waals surface area contributed by atoms with Crippen molar-refractivity contribution in [3.63, 3.8) is 0 Å². The quantitative estimate of drug-likeness (QED) is 0.100. The first-order valence-corrected chi connectivity index (χ1v) is 12.5. The highest BCUT2D eigenvalue weighted by Crippen LogP contribution is 2.32. The van der Waals surface area contributed by atoms with Gasteiger partial charge < -0.3 is 44.7 Å². The summed E-state index contributed by atoms with van der Waals surface area (Å²) in [5, 5.41) is 42.7. The van der Waals surface area contributed by atoms with Crippen molar-refractivity contribution >= 4 is 32.7 Å². The molecule has 0 unspecified atom stereocenters. The van der Waals surface area contributed by atoms with Crippen LogP contribution in [-0.2, 0) is 57.7 Å². The fourth-order valence-electron chi connectivity index (χ4n) is 3.54.